The minimum Gasteiger partial charge on any atom is -0.306 e. The number of aromatic nitrogens is 3. The molecule has 1 fully saturated rings. The highest BCUT2D eigenvalue weighted by atomic mass is 32.1. The average Bonchev–Trinajstić information content (AvgIpc) is 3.02. The molecule has 0 spiro atoms. The third kappa shape index (κ3) is 2.73. The highest BCUT2D eigenvalue weighted by Gasteiger charge is 2.21. The van der Waals surface area contributed by atoms with Gasteiger partial charge in [-0.25, -0.2) is 0 Å². The first-order chi connectivity index (χ1) is 11.7. The molecule has 0 saturated heterocycles. The minimum atomic E-state index is -0.459. The first-order valence-electron chi connectivity index (χ1n) is 8.05. The summed E-state index contributed by atoms with van der Waals surface area (Å²) in [5, 5.41) is 0. The van der Waals surface area contributed by atoms with Gasteiger partial charge in [-0.2, -0.15) is 4.37 Å². The number of hydrogen-bond donors (Lipinski definition) is 0. The van der Waals surface area contributed by atoms with Gasteiger partial charge in [-0.3, -0.25) is 9.59 Å². The third-order valence-electron chi connectivity index (χ3n) is 4.51. The Kier molecular flexibility index (Phi) is 3.90. The van der Waals surface area contributed by atoms with Crippen LogP contribution in [0.25, 0.3) is 11.3 Å². The zero-order chi connectivity index (χ0) is 16.5. The van der Waals surface area contributed by atoms with Crippen LogP contribution >= 0.6 is 11.5 Å². The molecule has 122 valence electrons. The average molecular weight is 339 g/mol. The molecule has 0 bridgehead atoms. The van der Waals surface area contributed by atoms with E-state index in [1.54, 1.807) is 17.0 Å². The predicted octanol–water partition coefficient (Wildman–Crippen LogP) is 2.91. The SMILES string of the molecule is O=c1c(=O)n(C2CCC2)ccn1Cc1cc(-c2ccccc2)ns1. The molecule has 0 amide bonds. The van der Waals surface area contributed by atoms with Crippen molar-refractivity contribution in [1.82, 2.24) is 13.5 Å². The summed E-state index contributed by atoms with van der Waals surface area (Å²) < 4.78 is 7.51. The van der Waals surface area contributed by atoms with Gasteiger partial charge >= 0.3 is 11.1 Å². The zero-order valence-corrected chi connectivity index (χ0v) is 13.9. The van der Waals surface area contributed by atoms with Crippen LogP contribution in [0.5, 0.6) is 0 Å². The normalized spacial score (nSPS) is 14.5. The van der Waals surface area contributed by atoms with Crippen LogP contribution in [0.3, 0.4) is 0 Å². The van der Waals surface area contributed by atoms with Gasteiger partial charge in [0.1, 0.15) is 0 Å². The summed E-state index contributed by atoms with van der Waals surface area (Å²) in [6.07, 6.45) is 6.55. The van der Waals surface area contributed by atoms with E-state index in [4.69, 9.17) is 0 Å². The highest BCUT2D eigenvalue weighted by molar-refractivity contribution is 7.06. The van der Waals surface area contributed by atoms with Crippen LogP contribution in [-0.4, -0.2) is 13.5 Å². The molecule has 0 aliphatic heterocycles. The maximum Gasteiger partial charge on any atom is 0.316 e. The van der Waals surface area contributed by atoms with E-state index in [1.165, 1.54) is 16.1 Å². The zero-order valence-electron chi connectivity index (χ0n) is 13.1. The van der Waals surface area contributed by atoms with Gasteiger partial charge in [0.05, 0.1) is 12.2 Å². The predicted molar refractivity (Wildman–Crippen MR) is 94.5 cm³/mol. The lowest BCUT2D eigenvalue weighted by atomic mass is 9.93. The van der Waals surface area contributed by atoms with Gasteiger partial charge in [0, 0.05) is 28.9 Å². The Labute approximate surface area is 143 Å². The molecule has 0 radical (unpaired) electrons. The Morgan fingerprint density at radius 1 is 1.08 bits per heavy atom. The Morgan fingerprint density at radius 2 is 1.88 bits per heavy atom. The van der Waals surface area contributed by atoms with Gasteiger partial charge in [-0.05, 0) is 36.9 Å². The Hall–Kier alpha value is -2.47. The monoisotopic (exact) mass is 339 g/mol. The maximum atomic E-state index is 12.3. The lowest BCUT2D eigenvalue weighted by molar-refractivity contribution is 0.303. The van der Waals surface area contributed by atoms with Crippen molar-refractivity contribution in [3.05, 3.63) is 74.4 Å². The van der Waals surface area contributed by atoms with Crippen LogP contribution in [0.2, 0.25) is 0 Å². The quantitative estimate of drug-likeness (QED) is 0.687. The number of rotatable bonds is 4. The van der Waals surface area contributed by atoms with Crippen molar-refractivity contribution in [2.45, 2.75) is 31.8 Å². The second-order valence-corrected chi connectivity index (χ2v) is 6.96. The minimum absolute atomic E-state index is 0.202. The number of benzene rings is 1. The molecular formula is C18H17N3O2S. The molecule has 1 saturated carbocycles. The standard InChI is InChI=1S/C18H17N3O2S/c22-17-18(23)21(14-7-4-8-14)10-9-20(17)12-15-11-16(19-24-15)13-5-2-1-3-6-13/h1-3,5-6,9-11,14H,4,7-8,12H2. The van der Waals surface area contributed by atoms with Gasteiger partial charge in [0.15, 0.2) is 0 Å². The van der Waals surface area contributed by atoms with E-state index in [0.29, 0.717) is 6.54 Å². The van der Waals surface area contributed by atoms with Gasteiger partial charge in [-0.1, -0.05) is 30.3 Å². The van der Waals surface area contributed by atoms with Gasteiger partial charge in [0.2, 0.25) is 0 Å². The Balaban J connectivity index is 1.60. The molecule has 3 aromatic rings. The van der Waals surface area contributed by atoms with Crippen molar-refractivity contribution in [3.63, 3.8) is 0 Å². The van der Waals surface area contributed by atoms with E-state index in [1.807, 2.05) is 36.4 Å². The van der Waals surface area contributed by atoms with Crippen molar-refractivity contribution in [2.75, 3.05) is 0 Å². The second kappa shape index (κ2) is 6.20. The topological polar surface area (TPSA) is 56.9 Å². The fourth-order valence-corrected chi connectivity index (χ4v) is 3.63. The Bertz CT molecular complexity index is 968. The molecule has 4 rings (SSSR count). The first kappa shape index (κ1) is 15.1. The lowest BCUT2D eigenvalue weighted by Crippen LogP contribution is -2.43. The first-order valence-corrected chi connectivity index (χ1v) is 8.82. The molecule has 0 unspecified atom stereocenters. The van der Waals surface area contributed by atoms with Crippen LogP contribution in [0.1, 0.15) is 30.2 Å². The summed E-state index contributed by atoms with van der Waals surface area (Å²) in [6.45, 7) is 0.379. The molecule has 1 aromatic carbocycles. The molecule has 2 heterocycles. The van der Waals surface area contributed by atoms with E-state index in [9.17, 15) is 9.59 Å². The van der Waals surface area contributed by atoms with E-state index < -0.39 is 11.1 Å². The third-order valence-corrected chi connectivity index (χ3v) is 5.28. The molecule has 5 nitrogen and oxygen atoms in total. The van der Waals surface area contributed by atoms with Gasteiger partial charge < -0.3 is 9.13 Å². The number of hydrogen-bond acceptors (Lipinski definition) is 4. The van der Waals surface area contributed by atoms with E-state index >= 15 is 0 Å². The molecular weight excluding hydrogens is 322 g/mol. The fraction of sp³-hybridized carbons (Fsp3) is 0.278. The summed E-state index contributed by atoms with van der Waals surface area (Å²) >= 11 is 1.36. The maximum absolute atomic E-state index is 12.3. The van der Waals surface area contributed by atoms with Crippen LogP contribution < -0.4 is 11.1 Å². The molecule has 2 aromatic heterocycles. The van der Waals surface area contributed by atoms with Crippen molar-refractivity contribution in [3.8, 4) is 11.3 Å². The van der Waals surface area contributed by atoms with Crippen LogP contribution in [0.4, 0.5) is 0 Å². The van der Waals surface area contributed by atoms with Crippen molar-refractivity contribution in [1.29, 1.82) is 0 Å². The lowest BCUT2D eigenvalue weighted by Gasteiger charge is -2.27. The van der Waals surface area contributed by atoms with Crippen LogP contribution in [0, 0.1) is 0 Å². The van der Waals surface area contributed by atoms with Crippen molar-refractivity contribution in [2.24, 2.45) is 0 Å². The van der Waals surface area contributed by atoms with Gasteiger partial charge in [-0.15, -0.1) is 0 Å². The summed E-state index contributed by atoms with van der Waals surface area (Å²) in [5.41, 5.74) is 1.06. The highest BCUT2D eigenvalue weighted by Crippen LogP contribution is 2.29. The molecule has 1 aliphatic rings. The summed E-state index contributed by atoms with van der Waals surface area (Å²) in [7, 11) is 0. The summed E-state index contributed by atoms with van der Waals surface area (Å²) in [4.78, 5) is 25.5. The van der Waals surface area contributed by atoms with Crippen molar-refractivity contribution < 1.29 is 0 Å². The van der Waals surface area contributed by atoms with E-state index in [-0.39, 0.29) is 6.04 Å². The fourth-order valence-electron chi connectivity index (χ4n) is 2.90. The molecule has 6 heteroatoms. The summed E-state index contributed by atoms with van der Waals surface area (Å²) in [6, 6.07) is 12.1. The van der Waals surface area contributed by atoms with E-state index in [0.717, 1.165) is 35.4 Å². The summed E-state index contributed by atoms with van der Waals surface area (Å²) in [5.74, 6) is 0. The van der Waals surface area contributed by atoms with Crippen LogP contribution in [0.15, 0.2) is 58.4 Å². The second-order valence-electron chi connectivity index (χ2n) is 6.07. The largest absolute Gasteiger partial charge is 0.316 e. The number of nitrogens with zero attached hydrogens (tertiary/aromatic N) is 3. The molecule has 1 aliphatic carbocycles. The van der Waals surface area contributed by atoms with E-state index in [2.05, 4.69) is 4.37 Å². The Morgan fingerprint density at radius 3 is 2.58 bits per heavy atom. The van der Waals surface area contributed by atoms with Gasteiger partial charge in [0.25, 0.3) is 0 Å². The molecule has 0 atom stereocenters. The molecule has 0 N–H and O–H groups in total. The van der Waals surface area contributed by atoms with Crippen molar-refractivity contribution >= 4 is 11.5 Å². The molecule has 24 heavy (non-hydrogen) atoms. The smallest absolute Gasteiger partial charge is 0.306 e. The van der Waals surface area contributed by atoms with Crippen LogP contribution in [-0.2, 0) is 6.54 Å².